The Morgan fingerprint density at radius 2 is 1.85 bits per heavy atom. The molecule has 0 spiro atoms. The molecule has 0 bridgehead atoms. The van der Waals surface area contributed by atoms with Crippen LogP contribution in [0.5, 0.6) is 5.75 Å². The fourth-order valence-corrected chi connectivity index (χ4v) is 2.89. The highest BCUT2D eigenvalue weighted by Crippen LogP contribution is 2.18. The zero-order valence-corrected chi connectivity index (χ0v) is 14.5. The normalized spacial score (nSPS) is 14.7. The first-order valence-electron chi connectivity index (χ1n) is 8.45. The summed E-state index contributed by atoms with van der Waals surface area (Å²) in [6.07, 6.45) is 4.31. The minimum absolute atomic E-state index is 0.0491. The van der Waals surface area contributed by atoms with Crippen molar-refractivity contribution in [2.24, 2.45) is 0 Å². The van der Waals surface area contributed by atoms with E-state index in [1.165, 1.54) is 18.5 Å². The van der Waals surface area contributed by atoms with Gasteiger partial charge in [-0.3, -0.25) is 14.6 Å². The molecule has 2 aromatic rings. The van der Waals surface area contributed by atoms with Gasteiger partial charge in [0.05, 0.1) is 11.8 Å². The average Bonchev–Trinajstić information content (AvgIpc) is 2.68. The molecule has 0 saturated carbocycles. The lowest BCUT2D eigenvalue weighted by Crippen LogP contribution is -2.40. The number of amides is 2. The summed E-state index contributed by atoms with van der Waals surface area (Å²) in [7, 11) is 1.81. The van der Waals surface area contributed by atoms with E-state index in [4.69, 9.17) is 4.74 Å². The van der Waals surface area contributed by atoms with Crippen LogP contribution < -0.4 is 5.32 Å². The second-order valence-electron chi connectivity index (χ2n) is 6.22. The van der Waals surface area contributed by atoms with Crippen molar-refractivity contribution in [3.8, 4) is 5.75 Å². The molecule has 1 aromatic carbocycles. The van der Waals surface area contributed by atoms with Crippen LogP contribution in [0.4, 0.5) is 5.69 Å². The molecule has 1 aliphatic heterocycles. The molecule has 136 valence electrons. The number of hydrogen-bond donors (Lipinski definition) is 2. The van der Waals surface area contributed by atoms with Crippen LogP contribution in [0, 0.1) is 0 Å². The van der Waals surface area contributed by atoms with Crippen LogP contribution in [0.25, 0.3) is 0 Å². The van der Waals surface area contributed by atoms with E-state index in [1.54, 1.807) is 29.2 Å². The summed E-state index contributed by atoms with van der Waals surface area (Å²) in [4.78, 5) is 30.3. The molecule has 1 fully saturated rings. The van der Waals surface area contributed by atoms with Gasteiger partial charge in [0.25, 0.3) is 11.8 Å². The predicted molar refractivity (Wildman–Crippen MR) is 96.2 cm³/mol. The molecule has 0 aliphatic carbocycles. The first-order chi connectivity index (χ1) is 12.5. The Morgan fingerprint density at radius 1 is 1.15 bits per heavy atom. The van der Waals surface area contributed by atoms with E-state index in [-0.39, 0.29) is 29.2 Å². The number of rotatable bonds is 4. The van der Waals surface area contributed by atoms with Crippen molar-refractivity contribution in [1.29, 1.82) is 0 Å². The van der Waals surface area contributed by atoms with Gasteiger partial charge in [0.15, 0.2) is 0 Å². The minimum atomic E-state index is -0.383. The van der Waals surface area contributed by atoms with Gasteiger partial charge >= 0.3 is 0 Å². The molecule has 2 heterocycles. The van der Waals surface area contributed by atoms with E-state index in [0.717, 1.165) is 12.8 Å². The summed E-state index contributed by atoms with van der Waals surface area (Å²) >= 11 is 0. The van der Waals surface area contributed by atoms with Crippen LogP contribution in [0.15, 0.2) is 42.7 Å². The third-order valence-corrected chi connectivity index (χ3v) is 4.43. The van der Waals surface area contributed by atoms with E-state index in [2.05, 4.69) is 10.3 Å². The van der Waals surface area contributed by atoms with Crippen molar-refractivity contribution in [3.63, 3.8) is 0 Å². The number of carbonyl (C=O) groups excluding carboxylic acids is 2. The highest BCUT2D eigenvalue weighted by Gasteiger charge is 2.23. The van der Waals surface area contributed by atoms with Crippen LogP contribution >= 0.6 is 0 Å². The van der Waals surface area contributed by atoms with Gasteiger partial charge in [-0.1, -0.05) is 0 Å². The Bertz CT molecular complexity index is 786. The second kappa shape index (κ2) is 7.97. The number of pyridine rings is 1. The number of hydrogen-bond acceptors (Lipinski definition) is 5. The van der Waals surface area contributed by atoms with E-state index in [9.17, 15) is 14.7 Å². The average molecular weight is 355 g/mol. The number of ether oxygens (including phenoxy) is 1. The van der Waals surface area contributed by atoms with Gasteiger partial charge in [-0.2, -0.15) is 0 Å². The summed E-state index contributed by atoms with van der Waals surface area (Å²) in [6, 6.07) is 8.26. The number of aromatic hydroxyl groups is 1. The third-order valence-electron chi connectivity index (χ3n) is 4.43. The van der Waals surface area contributed by atoms with Crippen LogP contribution in [-0.4, -0.2) is 53.1 Å². The maximum Gasteiger partial charge on any atom is 0.257 e. The van der Waals surface area contributed by atoms with Crippen LogP contribution in [0.3, 0.4) is 0 Å². The van der Waals surface area contributed by atoms with Crippen molar-refractivity contribution in [2.45, 2.75) is 18.9 Å². The van der Waals surface area contributed by atoms with E-state index in [1.807, 2.05) is 7.05 Å². The molecule has 0 atom stereocenters. The van der Waals surface area contributed by atoms with E-state index >= 15 is 0 Å². The fourth-order valence-electron chi connectivity index (χ4n) is 2.89. The molecule has 26 heavy (non-hydrogen) atoms. The number of carbonyl (C=O) groups is 2. The van der Waals surface area contributed by atoms with E-state index < -0.39 is 0 Å². The van der Waals surface area contributed by atoms with Crippen molar-refractivity contribution in [3.05, 3.63) is 53.9 Å². The molecule has 1 aromatic heterocycles. The second-order valence-corrected chi connectivity index (χ2v) is 6.22. The van der Waals surface area contributed by atoms with Gasteiger partial charge in [-0.25, -0.2) is 0 Å². The van der Waals surface area contributed by atoms with E-state index in [0.29, 0.717) is 24.5 Å². The van der Waals surface area contributed by atoms with Gasteiger partial charge in [-0.15, -0.1) is 0 Å². The Balaban J connectivity index is 1.64. The summed E-state index contributed by atoms with van der Waals surface area (Å²) in [5.74, 6) is -0.506. The molecular weight excluding hydrogens is 334 g/mol. The lowest BCUT2D eigenvalue weighted by Gasteiger charge is -2.31. The lowest BCUT2D eigenvalue weighted by molar-refractivity contribution is 0.0362. The first-order valence-corrected chi connectivity index (χ1v) is 8.45. The molecule has 1 saturated heterocycles. The van der Waals surface area contributed by atoms with Gasteiger partial charge < -0.3 is 20.1 Å². The molecular formula is C19H21N3O4. The number of nitrogens with zero attached hydrogens (tertiary/aromatic N) is 2. The Hall–Kier alpha value is -2.93. The molecule has 0 unspecified atom stereocenters. The van der Waals surface area contributed by atoms with Gasteiger partial charge in [0, 0.05) is 43.8 Å². The van der Waals surface area contributed by atoms with Crippen LogP contribution in [-0.2, 0) is 4.74 Å². The maximum absolute atomic E-state index is 12.6. The quantitative estimate of drug-likeness (QED) is 0.878. The summed E-state index contributed by atoms with van der Waals surface area (Å²) in [6.45, 7) is 1.36. The monoisotopic (exact) mass is 355 g/mol. The Kier molecular flexibility index (Phi) is 5.48. The summed E-state index contributed by atoms with van der Waals surface area (Å²) in [5.41, 5.74) is 1.38. The number of nitrogens with one attached hydrogen (secondary N) is 1. The zero-order chi connectivity index (χ0) is 18.5. The molecule has 7 nitrogen and oxygen atoms in total. The molecule has 7 heteroatoms. The molecule has 3 rings (SSSR count). The lowest BCUT2D eigenvalue weighted by atomic mass is 10.1. The van der Waals surface area contributed by atoms with Crippen molar-refractivity contribution >= 4 is 17.5 Å². The highest BCUT2D eigenvalue weighted by atomic mass is 16.5. The number of benzene rings is 1. The molecule has 2 N–H and O–H groups in total. The summed E-state index contributed by atoms with van der Waals surface area (Å²) < 4.78 is 5.33. The number of anilines is 1. The van der Waals surface area contributed by atoms with Gasteiger partial charge in [-0.05, 0) is 43.2 Å². The molecule has 2 amide bonds. The van der Waals surface area contributed by atoms with Gasteiger partial charge in [0.2, 0.25) is 0 Å². The van der Waals surface area contributed by atoms with Crippen molar-refractivity contribution in [1.82, 2.24) is 9.88 Å². The van der Waals surface area contributed by atoms with Crippen molar-refractivity contribution < 1.29 is 19.4 Å². The topological polar surface area (TPSA) is 91.8 Å². The minimum Gasteiger partial charge on any atom is -0.506 e. The molecule has 1 aliphatic rings. The standard InChI is InChI=1S/C19H21N3O4/c1-22(16-6-8-26-9-7-16)19(25)13-2-4-15(5-3-13)21-18(24)14-10-17(23)12-20-11-14/h2-5,10-12,16,23H,6-9H2,1H3,(H,21,24). The predicted octanol–water partition coefficient (Wildman–Crippen LogP) is 2.29. The van der Waals surface area contributed by atoms with Crippen molar-refractivity contribution in [2.75, 3.05) is 25.6 Å². The van der Waals surface area contributed by atoms with Crippen LogP contribution in [0.1, 0.15) is 33.6 Å². The smallest absolute Gasteiger partial charge is 0.257 e. The fraction of sp³-hybridized carbons (Fsp3) is 0.316. The van der Waals surface area contributed by atoms with Crippen LogP contribution in [0.2, 0.25) is 0 Å². The zero-order valence-electron chi connectivity index (χ0n) is 14.5. The third kappa shape index (κ3) is 4.18. The molecule has 0 radical (unpaired) electrons. The Morgan fingerprint density at radius 3 is 2.50 bits per heavy atom. The Labute approximate surface area is 151 Å². The SMILES string of the molecule is CN(C(=O)c1ccc(NC(=O)c2cncc(O)c2)cc1)C1CCOCC1. The largest absolute Gasteiger partial charge is 0.506 e. The first kappa shape index (κ1) is 17.9. The maximum atomic E-state index is 12.6. The van der Waals surface area contributed by atoms with Gasteiger partial charge in [0.1, 0.15) is 5.75 Å². The summed E-state index contributed by atoms with van der Waals surface area (Å²) in [5, 5.41) is 12.1. The number of aromatic nitrogens is 1. The highest BCUT2D eigenvalue weighted by molar-refractivity contribution is 6.04.